The Bertz CT molecular complexity index is 281. The van der Waals surface area contributed by atoms with Crippen LogP contribution >= 0.6 is 11.3 Å². The third-order valence-electron chi connectivity index (χ3n) is 2.30. The summed E-state index contributed by atoms with van der Waals surface area (Å²) in [6.07, 6.45) is 6.53. The highest BCUT2D eigenvalue weighted by molar-refractivity contribution is 7.07. The smallest absolute Gasteiger partial charge is 0.110 e. The minimum Gasteiger partial charge on any atom is -0.497 e. The molecule has 2 rings (SSSR count). The molecule has 1 aromatic heterocycles. The summed E-state index contributed by atoms with van der Waals surface area (Å²) < 4.78 is 5.46. The second-order valence-electron chi connectivity index (χ2n) is 3.47. The van der Waals surface area contributed by atoms with Crippen molar-refractivity contribution in [3.05, 3.63) is 34.7 Å². The van der Waals surface area contributed by atoms with Gasteiger partial charge in [0.25, 0.3) is 0 Å². The van der Waals surface area contributed by atoms with Gasteiger partial charge in [-0.3, -0.25) is 0 Å². The fourth-order valence-corrected chi connectivity index (χ4v) is 2.17. The molecule has 1 aliphatic rings. The van der Waals surface area contributed by atoms with Gasteiger partial charge in [-0.25, -0.2) is 0 Å². The van der Waals surface area contributed by atoms with Crippen LogP contribution in [0.1, 0.15) is 18.4 Å². The molecular weight excluding hydrogens is 194 g/mol. The first kappa shape index (κ1) is 9.74. The first-order valence-electron chi connectivity index (χ1n) is 4.97. The van der Waals surface area contributed by atoms with Crippen molar-refractivity contribution in [3.8, 4) is 0 Å². The van der Waals surface area contributed by atoms with E-state index in [4.69, 9.17) is 4.74 Å². The van der Waals surface area contributed by atoms with Crippen LogP contribution in [0.25, 0.3) is 0 Å². The molecule has 0 saturated carbocycles. The lowest BCUT2D eigenvalue weighted by molar-refractivity contribution is 0.122. The van der Waals surface area contributed by atoms with Gasteiger partial charge in [0.2, 0.25) is 0 Å². The van der Waals surface area contributed by atoms with E-state index in [1.807, 2.05) is 6.26 Å². The van der Waals surface area contributed by atoms with E-state index in [0.29, 0.717) is 6.10 Å². The van der Waals surface area contributed by atoms with Crippen molar-refractivity contribution in [2.45, 2.75) is 25.5 Å². The Morgan fingerprint density at radius 1 is 1.57 bits per heavy atom. The number of allylic oxidation sites excluding steroid dienone is 1. The molecule has 1 aromatic rings. The largest absolute Gasteiger partial charge is 0.497 e. The van der Waals surface area contributed by atoms with Crippen LogP contribution < -0.4 is 5.32 Å². The number of hydrogen-bond acceptors (Lipinski definition) is 3. The van der Waals surface area contributed by atoms with Crippen LogP contribution in [-0.2, 0) is 11.3 Å². The van der Waals surface area contributed by atoms with Gasteiger partial charge in [0.1, 0.15) is 6.10 Å². The Morgan fingerprint density at radius 2 is 2.57 bits per heavy atom. The fourth-order valence-electron chi connectivity index (χ4n) is 1.51. The Morgan fingerprint density at radius 3 is 3.29 bits per heavy atom. The Labute approximate surface area is 88.6 Å². The Balaban J connectivity index is 1.65. The van der Waals surface area contributed by atoms with E-state index >= 15 is 0 Å². The minimum absolute atomic E-state index is 0.360. The summed E-state index contributed by atoms with van der Waals surface area (Å²) in [5.74, 6) is 0. The third kappa shape index (κ3) is 2.86. The van der Waals surface area contributed by atoms with Gasteiger partial charge >= 0.3 is 0 Å². The summed E-state index contributed by atoms with van der Waals surface area (Å²) in [6, 6.07) is 2.15. The number of thiophene rings is 1. The fraction of sp³-hybridized carbons (Fsp3) is 0.455. The van der Waals surface area contributed by atoms with Gasteiger partial charge in [0.05, 0.1) is 6.26 Å². The van der Waals surface area contributed by atoms with Crippen molar-refractivity contribution >= 4 is 11.3 Å². The molecule has 0 bridgehead atoms. The molecule has 0 aromatic carbocycles. The second-order valence-corrected chi connectivity index (χ2v) is 4.25. The summed E-state index contributed by atoms with van der Waals surface area (Å²) >= 11 is 1.74. The van der Waals surface area contributed by atoms with E-state index in [1.165, 1.54) is 5.56 Å². The zero-order chi connectivity index (χ0) is 9.64. The molecule has 0 radical (unpaired) electrons. The lowest BCUT2D eigenvalue weighted by Crippen LogP contribution is -2.28. The first-order chi connectivity index (χ1) is 6.95. The normalized spacial score (nSPS) is 20.7. The van der Waals surface area contributed by atoms with Crippen LogP contribution in [-0.4, -0.2) is 12.6 Å². The van der Waals surface area contributed by atoms with Gasteiger partial charge in [-0.1, -0.05) is 0 Å². The molecule has 0 spiro atoms. The lowest BCUT2D eigenvalue weighted by Gasteiger charge is -2.19. The molecule has 76 valence electrons. The van der Waals surface area contributed by atoms with E-state index < -0.39 is 0 Å². The maximum absolute atomic E-state index is 5.46. The average molecular weight is 209 g/mol. The van der Waals surface area contributed by atoms with Gasteiger partial charge in [-0.05, 0) is 41.3 Å². The van der Waals surface area contributed by atoms with Gasteiger partial charge in [-0.15, -0.1) is 0 Å². The molecule has 2 nitrogen and oxygen atoms in total. The zero-order valence-electron chi connectivity index (χ0n) is 8.11. The maximum atomic E-state index is 5.46. The van der Waals surface area contributed by atoms with Crippen LogP contribution in [0.2, 0.25) is 0 Å². The lowest BCUT2D eigenvalue weighted by atomic mass is 10.1. The van der Waals surface area contributed by atoms with E-state index in [0.717, 1.165) is 25.9 Å². The summed E-state index contributed by atoms with van der Waals surface area (Å²) in [6.45, 7) is 1.90. The van der Waals surface area contributed by atoms with Gasteiger partial charge in [0, 0.05) is 13.1 Å². The second kappa shape index (κ2) is 5.17. The summed E-state index contributed by atoms with van der Waals surface area (Å²) in [5, 5.41) is 7.69. The SMILES string of the molecule is C1=COC(CNCc2ccsc2)CC1. The summed E-state index contributed by atoms with van der Waals surface area (Å²) in [4.78, 5) is 0. The van der Waals surface area contributed by atoms with Crippen LogP contribution in [0.3, 0.4) is 0 Å². The monoisotopic (exact) mass is 209 g/mol. The summed E-state index contributed by atoms with van der Waals surface area (Å²) in [5.41, 5.74) is 1.36. The molecule has 3 heteroatoms. The molecule has 0 fully saturated rings. The third-order valence-corrected chi connectivity index (χ3v) is 3.04. The maximum Gasteiger partial charge on any atom is 0.110 e. The molecule has 1 unspecified atom stereocenters. The Hall–Kier alpha value is -0.800. The van der Waals surface area contributed by atoms with Crippen LogP contribution in [0.15, 0.2) is 29.2 Å². The highest BCUT2D eigenvalue weighted by Gasteiger charge is 2.09. The molecule has 0 aliphatic carbocycles. The van der Waals surface area contributed by atoms with E-state index in [9.17, 15) is 0 Å². The zero-order valence-corrected chi connectivity index (χ0v) is 8.93. The number of ether oxygens (including phenoxy) is 1. The van der Waals surface area contributed by atoms with Crippen LogP contribution in [0.4, 0.5) is 0 Å². The standard InChI is InChI=1S/C11H15NOS/c1-2-5-13-11(3-1)8-12-7-10-4-6-14-9-10/h2,4-6,9,11-12H,1,3,7-8H2. The topological polar surface area (TPSA) is 21.3 Å². The summed E-state index contributed by atoms with van der Waals surface area (Å²) in [7, 11) is 0. The van der Waals surface area contributed by atoms with E-state index in [1.54, 1.807) is 11.3 Å². The average Bonchev–Trinajstić information content (AvgIpc) is 2.72. The highest BCUT2D eigenvalue weighted by atomic mass is 32.1. The van der Waals surface area contributed by atoms with Crippen LogP contribution in [0, 0.1) is 0 Å². The predicted molar refractivity (Wildman–Crippen MR) is 59.3 cm³/mol. The van der Waals surface area contributed by atoms with Gasteiger partial charge in [-0.2, -0.15) is 11.3 Å². The van der Waals surface area contributed by atoms with Crippen molar-refractivity contribution in [2.24, 2.45) is 0 Å². The molecular formula is C11H15NOS. The molecule has 2 heterocycles. The first-order valence-corrected chi connectivity index (χ1v) is 5.92. The van der Waals surface area contributed by atoms with Crippen molar-refractivity contribution in [2.75, 3.05) is 6.54 Å². The quantitative estimate of drug-likeness (QED) is 0.822. The number of rotatable bonds is 4. The Kier molecular flexibility index (Phi) is 3.60. The van der Waals surface area contributed by atoms with Crippen molar-refractivity contribution < 1.29 is 4.74 Å². The number of hydrogen-bond donors (Lipinski definition) is 1. The molecule has 0 saturated heterocycles. The van der Waals surface area contributed by atoms with Crippen molar-refractivity contribution in [1.29, 1.82) is 0 Å². The van der Waals surface area contributed by atoms with Crippen molar-refractivity contribution in [3.63, 3.8) is 0 Å². The highest BCUT2D eigenvalue weighted by Crippen LogP contribution is 2.10. The molecule has 1 N–H and O–H groups in total. The molecule has 0 amide bonds. The van der Waals surface area contributed by atoms with Gasteiger partial charge < -0.3 is 10.1 Å². The van der Waals surface area contributed by atoms with Gasteiger partial charge in [0.15, 0.2) is 0 Å². The van der Waals surface area contributed by atoms with Crippen molar-refractivity contribution in [1.82, 2.24) is 5.32 Å². The van der Waals surface area contributed by atoms with E-state index in [2.05, 4.69) is 28.2 Å². The minimum atomic E-state index is 0.360. The van der Waals surface area contributed by atoms with E-state index in [-0.39, 0.29) is 0 Å². The predicted octanol–water partition coefficient (Wildman–Crippen LogP) is 2.53. The molecule has 1 atom stereocenters. The van der Waals surface area contributed by atoms with Crippen LogP contribution in [0.5, 0.6) is 0 Å². The molecule has 14 heavy (non-hydrogen) atoms. The molecule has 1 aliphatic heterocycles. The number of nitrogens with one attached hydrogen (secondary N) is 1.